The number of pyridine rings is 1. The van der Waals surface area contributed by atoms with E-state index in [0.29, 0.717) is 18.4 Å². The second kappa shape index (κ2) is 7.87. The summed E-state index contributed by atoms with van der Waals surface area (Å²) in [7, 11) is 1.73. The van der Waals surface area contributed by atoms with E-state index in [1.54, 1.807) is 7.11 Å². The van der Waals surface area contributed by atoms with E-state index >= 15 is 0 Å². The van der Waals surface area contributed by atoms with Crippen LogP contribution in [0.1, 0.15) is 56.2 Å². The van der Waals surface area contributed by atoms with Gasteiger partial charge in [-0.3, -0.25) is 4.79 Å². The average Bonchev–Trinajstić information content (AvgIpc) is 2.65. The number of hydrogen-bond acceptors (Lipinski definition) is 3. The first-order chi connectivity index (χ1) is 12.9. The average molecular weight is 364 g/mol. The van der Waals surface area contributed by atoms with Crippen molar-refractivity contribution in [3.05, 3.63) is 69.5 Å². The number of fused-ring (bicyclic) bond motifs is 1. The van der Waals surface area contributed by atoms with Gasteiger partial charge in [-0.2, -0.15) is 0 Å². The van der Waals surface area contributed by atoms with Gasteiger partial charge in [0.1, 0.15) is 5.75 Å². The Morgan fingerprint density at radius 3 is 2.22 bits per heavy atom. The van der Waals surface area contributed by atoms with Crippen molar-refractivity contribution >= 4 is 16.6 Å². The summed E-state index contributed by atoms with van der Waals surface area (Å²) in [6, 6.07) is 14.0. The second-order valence-corrected chi connectivity index (χ2v) is 7.56. The topological polar surface area (TPSA) is 54.1 Å². The summed E-state index contributed by atoms with van der Waals surface area (Å²) < 4.78 is 5.70. The van der Waals surface area contributed by atoms with Crippen molar-refractivity contribution < 1.29 is 4.74 Å². The first-order valence-corrected chi connectivity index (χ1v) is 9.47. The molecule has 0 radical (unpaired) electrons. The Morgan fingerprint density at radius 2 is 1.63 bits per heavy atom. The molecule has 4 nitrogen and oxygen atoms in total. The lowest BCUT2D eigenvalue weighted by atomic mass is 9.93. The van der Waals surface area contributed by atoms with E-state index in [2.05, 4.69) is 50.1 Å². The number of aromatic amines is 1. The zero-order valence-electron chi connectivity index (χ0n) is 16.7. The number of H-pyrrole nitrogens is 1. The summed E-state index contributed by atoms with van der Waals surface area (Å²) in [6.07, 6.45) is 0. The fraction of sp³-hybridized carbons (Fsp3) is 0.348. The molecule has 0 bridgehead atoms. The molecule has 0 saturated carbocycles. The van der Waals surface area contributed by atoms with Crippen molar-refractivity contribution in [1.82, 2.24) is 4.98 Å². The minimum absolute atomic E-state index is 0.0529. The minimum Gasteiger partial charge on any atom is -0.496 e. The zero-order chi connectivity index (χ0) is 19.6. The molecule has 2 aromatic carbocycles. The predicted octanol–water partition coefficient (Wildman–Crippen LogP) is 5.40. The Morgan fingerprint density at radius 1 is 1.00 bits per heavy atom. The molecule has 0 aliphatic carbocycles. The SMILES string of the molecule is COc1c(C(C)C)cc(NCc2cc3ccccc3[nH]c2=O)cc1C(C)C. The molecule has 0 saturated heterocycles. The van der Waals surface area contributed by atoms with Gasteiger partial charge in [0.25, 0.3) is 5.56 Å². The van der Waals surface area contributed by atoms with Gasteiger partial charge in [0.15, 0.2) is 0 Å². The second-order valence-electron chi connectivity index (χ2n) is 7.56. The van der Waals surface area contributed by atoms with Gasteiger partial charge in [-0.25, -0.2) is 0 Å². The van der Waals surface area contributed by atoms with Crippen LogP contribution >= 0.6 is 0 Å². The number of methoxy groups -OCH3 is 1. The number of hydrogen-bond donors (Lipinski definition) is 2. The Kier molecular flexibility index (Phi) is 5.54. The number of benzene rings is 2. The van der Waals surface area contributed by atoms with Gasteiger partial charge in [-0.05, 0) is 52.6 Å². The van der Waals surface area contributed by atoms with Crippen LogP contribution in [0.2, 0.25) is 0 Å². The van der Waals surface area contributed by atoms with E-state index in [1.807, 2.05) is 30.3 Å². The van der Waals surface area contributed by atoms with E-state index in [9.17, 15) is 4.79 Å². The van der Waals surface area contributed by atoms with Crippen molar-refractivity contribution in [2.45, 2.75) is 46.1 Å². The Bertz CT molecular complexity index is 974. The maximum absolute atomic E-state index is 12.4. The number of aromatic nitrogens is 1. The first-order valence-electron chi connectivity index (χ1n) is 9.47. The Labute approximate surface area is 160 Å². The predicted molar refractivity (Wildman–Crippen MR) is 113 cm³/mol. The van der Waals surface area contributed by atoms with Gasteiger partial charge in [0.05, 0.1) is 7.11 Å². The van der Waals surface area contributed by atoms with E-state index in [0.717, 1.165) is 27.9 Å². The summed E-state index contributed by atoms with van der Waals surface area (Å²) in [5.41, 5.74) is 4.90. The van der Waals surface area contributed by atoms with Crippen molar-refractivity contribution in [3.63, 3.8) is 0 Å². The molecule has 142 valence electrons. The molecule has 4 heteroatoms. The van der Waals surface area contributed by atoms with E-state index in [-0.39, 0.29) is 5.56 Å². The summed E-state index contributed by atoms with van der Waals surface area (Å²) in [5.74, 6) is 1.67. The number of nitrogens with one attached hydrogen (secondary N) is 2. The summed E-state index contributed by atoms with van der Waals surface area (Å²) in [5, 5.41) is 4.47. The normalized spacial score (nSPS) is 11.4. The van der Waals surface area contributed by atoms with Gasteiger partial charge in [0.2, 0.25) is 0 Å². The summed E-state index contributed by atoms with van der Waals surface area (Å²) in [6.45, 7) is 9.14. The fourth-order valence-electron chi connectivity index (χ4n) is 3.39. The standard InChI is InChI=1S/C23H28N2O2/c1-14(2)19-11-18(12-20(15(3)4)22(19)27-5)24-13-17-10-16-8-6-7-9-21(16)25-23(17)26/h6-12,14-15,24H,13H2,1-5H3,(H,25,26). The molecule has 2 N–H and O–H groups in total. The van der Waals surface area contributed by atoms with Crippen LogP contribution in [0.5, 0.6) is 5.75 Å². The van der Waals surface area contributed by atoms with Crippen LogP contribution < -0.4 is 15.6 Å². The molecule has 1 aromatic heterocycles. The van der Waals surface area contributed by atoms with Crippen LogP contribution in [0, 0.1) is 0 Å². The molecule has 0 spiro atoms. The summed E-state index contributed by atoms with van der Waals surface area (Å²) >= 11 is 0. The lowest BCUT2D eigenvalue weighted by molar-refractivity contribution is 0.400. The highest BCUT2D eigenvalue weighted by molar-refractivity contribution is 5.78. The fourth-order valence-corrected chi connectivity index (χ4v) is 3.39. The number of para-hydroxylation sites is 1. The smallest absolute Gasteiger partial charge is 0.253 e. The maximum atomic E-state index is 12.4. The molecule has 3 rings (SSSR count). The summed E-state index contributed by atoms with van der Waals surface area (Å²) in [4.78, 5) is 15.3. The molecule has 3 aromatic rings. The van der Waals surface area contributed by atoms with Crippen molar-refractivity contribution in [2.24, 2.45) is 0 Å². The minimum atomic E-state index is -0.0529. The number of anilines is 1. The van der Waals surface area contributed by atoms with Gasteiger partial charge in [-0.15, -0.1) is 0 Å². The van der Waals surface area contributed by atoms with E-state index in [1.165, 1.54) is 11.1 Å². The highest BCUT2D eigenvalue weighted by Crippen LogP contribution is 2.37. The maximum Gasteiger partial charge on any atom is 0.253 e. The van der Waals surface area contributed by atoms with Gasteiger partial charge < -0.3 is 15.0 Å². The molecule has 0 aliphatic rings. The number of ether oxygens (including phenoxy) is 1. The third kappa shape index (κ3) is 4.00. The number of rotatable bonds is 6. The van der Waals surface area contributed by atoms with Crippen LogP contribution in [-0.2, 0) is 6.54 Å². The quantitative estimate of drug-likeness (QED) is 0.616. The molecule has 0 unspecified atom stereocenters. The van der Waals surface area contributed by atoms with E-state index in [4.69, 9.17) is 4.74 Å². The molecule has 0 fully saturated rings. The highest BCUT2D eigenvalue weighted by atomic mass is 16.5. The van der Waals surface area contributed by atoms with Gasteiger partial charge in [0, 0.05) is 23.3 Å². The van der Waals surface area contributed by atoms with Gasteiger partial charge in [-0.1, -0.05) is 45.9 Å². The zero-order valence-corrected chi connectivity index (χ0v) is 16.7. The molecule has 1 heterocycles. The van der Waals surface area contributed by atoms with Crippen LogP contribution in [0.15, 0.2) is 47.3 Å². The lowest BCUT2D eigenvalue weighted by Gasteiger charge is -2.21. The monoisotopic (exact) mass is 364 g/mol. The van der Waals surface area contributed by atoms with E-state index < -0.39 is 0 Å². The van der Waals surface area contributed by atoms with Crippen LogP contribution in [0.25, 0.3) is 10.9 Å². The van der Waals surface area contributed by atoms with Crippen LogP contribution in [-0.4, -0.2) is 12.1 Å². The van der Waals surface area contributed by atoms with Crippen molar-refractivity contribution in [1.29, 1.82) is 0 Å². The van der Waals surface area contributed by atoms with Gasteiger partial charge >= 0.3 is 0 Å². The highest BCUT2D eigenvalue weighted by Gasteiger charge is 2.16. The molecular formula is C23H28N2O2. The molecule has 27 heavy (non-hydrogen) atoms. The third-order valence-electron chi connectivity index (χ3n) is 4.91. The molecular weight excluding hydrogens is 336 g/mol. The molecule has 0 atom stereocenters. The van der Waals surface area contributed by atoms with Crippen molar-refractivity contribution in [3.8, 4) is 5.75 Å². The van der Waals surface area contributed by atoms with Crippen LogP contribution in [0.4, 0.5) is 5.69 Å². The van der Waals surface area contributed by atoms with Crippen molar-refractivity contribution in [2.75, 3.05) is 12.4 Å². The first kappa shape index (κ1) is 19.0. The van der Waals surface area contributed by atoms with Crippen LogP contribution in [0.3, 0.4) is 0 Å². The largest absolute Gasteiger partial charge is 0.496 e. The molecule has 0 amide bonds. The Hall–Kier alpha value is -2.75. The Balaban J connectivity index is 1.94. The molecule has 0 aliphatic heterocycles. The lowest BCUT2D eigenvalue weighted by Crippen LogP contribution is -2.16. The third-order valence-corrected chi connectivity index (χ3v) is 4.91.